The van der Waals surface area contributed by atoms with Gasteiger partial charge in [-0.2, -0.15) is 4.68 Å². The van der Waals surface area contributed by atoms with Crippen molar-refractivity contribution < 1.29 is 4.68 Å². The van der Waals surface area contributed by atoms with E-state index in [1.54, 1.807) is 6.20 Å². The summed E-state index contributed by atoms with van der Waals surface area (Å²) in [6.07, 6.45) is 3.71. The SMILES string of the molecule is Cc1ccccc1-n1ncc[n+]1C. The van der Waals surface area contributed by atoms with Crippen LogP contribution in [0.3, 0.4) is 0 Å². The van der Waals surface area contributed by atoms with E-state index in [0.717, 1.165) is 5.69 Å². The van der Waals surface area contributed by atoms with Gasteiger partial charge < -0.3 is 0 Å². The molecular weight excluding hydrogens is 162 g/mol. The molecule has 2 rings (SSSR count). The minimum Gasteiger partial charge on any atom is -0.159 e. The third kappa shape index (κ3) is 1.33. The number of hydrogen-bond acceptors (Lipinski definition) is 1. The molecule has 1 aromatic carbocycles. The third-order valence-corrected chi connectivity index (χ3v) is 2.09. The van der Waals surface area contributed by atoms with Crippen LogP contribution in [0.4, 0.5) is 0 Å². The zero-order chi connectivity index (χ0) is 9.26. The van der Waals surface area contributed by atoms with E-state index >= 15 is 0 Å². The van der Waals surface area contributed by atoms with E-state index in [2.05, 4.69) is 24.2 Å². The van der Waals surface area contributed by atoms with Crippen molar-refractivity contribution in [2.45, 2.75) is 6.92 Å². The normalized spacial score (nSPS) is 10.3. The van der Waals surface area contributed by atoms with Crippen molar-refractivity contribution in [2.24, 2.45) is 7.05 Å². The predicted octanol–water partition coefficient (Wildman–Crippen LogP) is 1.01. The van der Waals surface area contributed by atoms with Crippen LogP contribution in [-0.2, 0) is 7.05 Å². The molecule has 0 bridgehead atoms. The number of benzene rings is 1. The summed E-state index contributed by atoms with van der Waals surface area (Å²) in [5.74, 6) is 0. The van der Waals surface area contributed by atoms with Crippen LogP contribution in [0.5, 0.6) is 0 Å². The lowest BCUT2D eigenvalue weighted by Gasteiger charge is -2.00. The van der Waals surface area contributed by atoms with Gasteiger partial charge in [-0.15, -0.1) is 0 Å². The van der Waals surface area contributed by atoms with E-state index in [4.69, 9.17) is 0 Å². The van der Waals surface area contributed by atoms with Crippen LogP contribution >= 0.6 is 0 Å². The molecule has 0 amide bonds. The molecule has 0 saturated carbocycles. The van der Waals surface area contributed by atoms with Gasteiger partial charge in [0.25, 0.3) is 0 Å². The molecule has 0 unspecified atom stereocenters. The summed E-state index contributed by atoms with van der Waals surface area (Å²) < 4.78 is 1.95. The topological polar surface area (TPSA) is 21.7 Å². The summed E-state index contributed by atoms with van der Waals surface area (Å²) in [5.41, 5.74) is 2.34. The van der Waals surface area contributed by atoms with E-state index in [1.165, 1.54) is 5.56 Å². The fourth-order valence-electron chi connectivity index (χ4n) is 1.35. The van der Waals surface area contributed by atoms with Crippen molar-refractivity contribution >= 4 is 0 Å². The molecule has 0 aliphatic heterocycles. The average molecular weight is 174 g/mol. The molecule has 13 heavy (non-hydrogen) atoms. The van der Waals surface area contributed by atoms with Crippen LogP contribution < -0.4 is 4.68 Å². The van der Waals surface area contributed by atoms with Gasteiger partial charge in [-0.3, -0.25) is 0 Å². The molecule has 0 N–H and O–H groups in total. The van der Waals surface area contributed by atoms with Gasteiger partial charge in [-0.1, -0.05) is 18.2 Å². The lowest BCUT2D eigenvalue weighted by atomic mass is 10.2. The highest BCUT2D eigenvalue weighted by Gasteiger charge is 2.08. The van der Waals surface area contributed by atoms with Gasteiger partial charge in [0.2, 0.25) is 6.20 Å². The maximum Gasteiger partial charge on any atom is 0.206 e. The Morgan fingerprint density at radius 1 is 1.31 bits per heavy atom. The predicted molar refractivity (Wildman–Crippen MR) is 49.5 cm³/mol. The summed E-state index contributed by atoms with van der Waals surface area (Å²) in [6.45, 7) is 2.08. The quantitative estimate of drug-likeness (QED) is 0.591. The lowest BCUT2D eigenvalue weighted by molar-refractivity contribution is -0.748. The number of hydrogen-bond donors (Lipinski definition) is 0. The van der Waals surface area contributed by atoms with E-state index < -0.39 is 0 Å². The van der Waals surface area contributed by atoms with Crippen molar-refractivity contribution in [1.82, 2.24) is 9.90 Å². The standard InChI is InChI=1S/C10H12N3/c1-9-5-3-4-6-10(9)13-11-7-8-12(13)2/h3-8H,1-2H3/q+1. The Labute approximate surface area is 77.2 Å². The first-order valence-electron chi connectivity index (χ1n) is 4.25. The average Bonchev–Trinajstić information content (AvgIpc) is 2.52. The molecule has 2 aromatic rings. The van der Waals surface area contributed by atoms with Gasteiger partial charge >= 0.3 is 0 Å². The van der Waals surface area contributed by atoms with Crippen LogP contribution in [0, 0.1) is 6.92 Å². The highest BCUT2D eigenvalue weighted by Crippen LogP contribution is 2.08. The molecule has 0 fully saturated rings. The fraction of sp³-hybridized carbons (Fsp3) is 0.200. The highest BCUT2D eigenvalue weighted by atomic mass is 15.5. The summed E-state index contributed by atoms with van der Waals surface area (Å²) in [5, 5.41) is 4.23. The van der Waals surface area contributed by atoms with E-state index in [-0.39, 0.29) is 0 Å². The van der Waals surface area contributed by atoms with Crippen LogP contribution in [0.25, 0.3) is 5.69 Å². The Hall–Kier alpha value is -1.64. The zero-order valence-corrected chi connectivity index (χ0v) is 7.81. The molecule has 1 heterocycles. The minimum atomic E-state index is 1.12. The summed E-state index contributed by atoms with van der Waals surface area (Å²) in [4.78, 5) is 1.87. The first kappa shape index (κ1) is 7.98. The van der Waals surface area contributed by atoms with Gasteiger partial charge in [0.05, 0.1) is 0 Å². The number of para-hydroxylation sites is 1. The van der Waals surface area contributed by atoms with Crippen LogP contribution in [0.2, 0.25) is 0 Å². The summed E-state index contributed by atoms with van der Waals surface area (Å²) in [7, 11) is 1.97. The minimum absolute atomic E-state index is 1.12. The van der Waals surface area contributed by atoms with Crippen molar-refractivity contribution in [3.63, 3.8) is 0 Å². The molecule has 66 valence electrons. The van der Waals surface area contributed by atoms with Crippen molar-refractivity contribution in [1.29, 1.82) is 0 Å². The number of aryl methyl sites for hydroxylation is 2. The second-order valence-electron chi connectivity index (χ2n) is 3.06. The largest absolute Gasteiger partial charge is 0.206 e. The van der Waals surface area contributed by atoms with E-state index in [9.17, 15) is 0 Å². The molecular formula is C10H12N3+. The Balaban J connectivity index is 2.59. The maximum absolute atomic E-state index is 4.23. The first-order chi connectivity index (χ1) is 6.29. The Morgan fingerprint density at radius 3 is 2.69 bits per heavy atom. The van der Waals surface area contributed by atoms with Gasteiger partial charge in [0.1, 0.15) is 12.7 Å². The monoisotopic (exact) mass is 174 g/mol. The molecule has 0 saturated heterocycles. The Kier molecular flexibility index (Phi) is 1.85. The number of rotatable bonds is 1. The van der Waals surface area contributed by atoms with Gasteiger partial charge in [-0.25, -0.2) is 0 Å². The maximum atomic E-state index is 4.23. The molecule has 3 nitrogen and oxygen atoms in total. The van der Waals surface area contributed by atoms with E-state index in [0.29, 0.717) is 0 Å². The zero-order valence-electron chi connectivity index (χ0n) is 7.81. The highest BCUT2D eigenvalue weighted by molar-refractivity contribution is 5.37. The number of aromatic nitrogens is 3. The van der Waals surface area contributed by atoms with Crippen LogP contribution in [0.1, 0.15) is 5.56 Å². The van der Waals surface area contributed by atoms with Crippen molar-refractivity contribution in [2.75, 3.05) is 0 Å². The van der Waals surface area contributed by atoms with Gasteiger partial charge in [0, 0.05) is 5.10 Å². The second-order valence-corrected chi connectivity index (χ2v) is 3.06. The Morgan fingerprint density at radius 2 is 2.08 bits per heavy atom. The van der Waals surface area contributed by atoms with Crippen molar-refractivity contribution in [3.8, 4) is 5.69 Å². The first-order valence-corrected chi connectivity index (χ1v) is 4.25. The summed E-state index contributed by atoms with van der Waals surface area (Å²) in [6, 6.07) is 8.19. The smallest absolute Gasteiger partial charge is 0.159 e. The molecule has 0 atom stereocenters. The molecule has 3 heteroatoms. The summed E-state index contributed by atoms with van der Waals surface area (Å²) >= 11 is 0. The van der Waals surface area contributed by atoms with Crippen LogP contribution in [-0.4, -0.2) is 9.90 Å². The number of nitrogens with zero attached hydrogens (tertiary/aromatic N) is 3. The Bertz CT molecular complexity index is 418. The third-order valence-electron chi connectivity index (χ3n) is 2.09. The van der Waals surface area contributed by atoms with E-state index in [1.807, 2.05) is 34.9 Å². The molecule has 0 aliphatic rings. The molecule has 1 aromatic heterocycles. The van der Waals surface area contributed by atoms with Crippen LogP contribution in [0.15, 0.2) is 36.7 Å². The molecule has 0 spiro atoms. The molecule has 0 aliphatic carbocycles. The van der Waals surface area contributed by atoms with Gasteiger partial charge in [-0.05, 0) is 23.4 Å². The molecule has 0 radical (unpaired) electrons. The lowest BCUT2D eigenvalue weighted by Crippen LogP contribution is -2.38. The van der Waals surface area contributed by atoms with Crippen molar-refractivity contribution in [3.05, 3.63) is 42.2 Å². The van der Waals surface area contributed by atoms with Gasteiger partial charge in [0.15, 0.2) is 6.20 Å². The second kappa shape index (κ2) is 3.01. The fourth-order valence-corrected chi connectivity index (χ4v) is 1.35.